The number of carbonyl (C=O) groups is 3. The van der Waals surface area contributed by atoms with E-state index in [0.717, 1.165) is 11.7 Å². The van der Waals surface area contributed by atoms with Crippen LogP contribution in [0.2, 0.25) is 0 Å². The Hall–Kier alpha value is -5.66. The fourth-order valence-electron chi connectivity index (χ4n) is 4.55. The number of amides is 2. The van der Waals surface area contributed by atoms with E-state index in [2.05, 4.69) is 35.5 Å². The summed E-state index contributed by atoms with van der Waals surface area (Å²) in [6, 6.07) is 15.0. The van der Waals surface area contributed by atoms with Crippen molar-refractivity contribution < 1.29 is 28.0 Å². The molecule has 0 aliphatic carbocycles. The lowest BCUT2D eigenvalue weighted by molar-refractivity contribution is -0.122. The molecule has 0 saturated carbocycles. The van der Waals surface area contributed by atoms with Crippen LogP contribution in [0.15, 0.2) is 74.4 Å². The normalized spacial score (nSPS) is 12.2. The highest BCUT2D eigenvalue weighted by molar-refractivity contribution is 5.98. The van der Waals surface area contributed by atoms with Gasteiger partial charge in [0.2, 0.25) is 29.3 Å². The van der Waals surface area contributed by atoms with Gasteiger partial charge < -0.3 is 18.9 Å². The molecule has 0 aliphatic heterocycles. The number of rotatable bonds is 10. The van der Waals surface area contributed by atoms with Crippen LogP contribution in [0.3, 0.4) is 0 Å². The van der Waals surface area contributed by atoms with E-state index in [-0.39, 0.29) is 23.5 Å². The number of Topliss-reactive ketones (excluding diaryl/α,β-unsaturated/α-hetero) is 1. The number of nitrogens with zero attached hydrogens (tertiary/aromatic N) is 5. The summed E-state index contributed by atoms with van der Waals surface area (Å²) in [5.74, 6) is -1.84. The number of anilines is 1. The number of fused-ring (bicyclic) bond motifs is 1. The standard InChI is InChI=1S/C31H31N7O7/c1-17(2)23(24(40)26-36-37-29(45-26)31(3,4)28-33-19-13-9-10-14-21(19)44-28)34-22(39)16-38-20(18-11-7-6-8-12-18)15-32-25(27(38)41)35-30(42)43-5/h6-15,17,23H,16H2,1-5H3,(H,34,39)(H,32,35,42). The molecule has 0 aliphatic rings. The number of ketones is 1. The maximum absolute atomic E-state index is 13.6. The zero-order chi connectivity index (χ0) is 32.3. The van der Waals surface area contributed by atoms with Crippen molar-refractivity contribution in [3.8, 4) is 11.3 Å². The van der Waals surface area contributed by atoms with Crippen LogP contribution in [0.1, 0.15) is 50.2 Å². The molecule has 232 valence electrons. The van der Waals surface area contributed by atoms with Crippen LogP contribution in [0.25, 0.3) is 22.4 Å². The first-order valence-corrected chi connectivity index (χ1v) is 14.0. The van der Waals surface area contributed by atoms with E-state index in [1.165, 1.54) is 6.20 Å². The second-order valence-corrected chi connectivity index (χ2v) is 11.0. The molecule has 0 radical (unpaired) electrons. The van der Waals surface area contributed by atoms with Crippen molar-refractivity contribution in [2.45, 2.75) is 45.7 Å². The van der Waals surface area contributed by atoms with Gasteiger partial charge in [-0.2, -0.15) is 0 Å². The third-order valence-corrected chi connectivity index (χ3v) is 7.10. The first-order valence-electron chi connectivity index (χ1n) is 14.0. The van der Waals surface area contributed by atoms with Gasteiger partial charge in [0.1, 0.15) is 17.5 Å². The number of hydrogen-bond acceptors (Lipinski definition) is 11. The first kappa shape index (κ1) is 30.8. The Morgan fingerprint density at radius 3 is 2.38 bits per heavy atom. The summed E-state index contributed by atoms with van der Waals surface area (Å²) in [5.41, 5.74) is 0.476. The number of para-hydroxylation sites is 2. The van der Waals surface area contributed by atoms with Gasteiger partial charge in [-0.3, -0.25) is 24.3 Å². The van der Waals surface area contributed by atoms with Crippen LogP contribution in [-0.2, 0) is 21.5 Å². The first-order chi connectivity index (χ1) is 21.5. The summed E-state index contributed by atoms with van der Waals surface area (Å²) >= 11 is 0. The largest absolute Gasteiger partial charge is 0.453 e. The fraction of sp³-hybridized carbons (Fsp3) is 0.290. The Bertz CT molecular complexity index is 1890. The molecule has 14 heteroatoms. The number of hydrogen-bond donors (Lipinski definition) is 2. The van der Waals surface area contributed by atoms with Gasteiger partial charge in [-0.1, -0.05) is 56.3 Å². The number of methoxy groups -OCH3 is 1. The van der Waals surface area contributed by atoms with Crippen LogP contribution in [0.5, 0.6) is 0 Å². The molecule has 2 aromatic carbocycles. The van der Waals surface area contributed by atoms with Crippen molar-refractivity contribution in [1.82, 2.24) is 30.0 Å². The second-order valence-electron chi connectivity index (χ2n) is 11.0. The molecule has 3 aromatic heterocycles. The van der Waals surface area contributed by atoms with Crippen LogP contribution in [0.4, 0.5) is 10.6 Å². The Balaban J connectivity index is 1.39. The summed E-state index contributed by atoms with van der Waals surface area (Å²) in [7, 11) is 1.14. The molecule has 45 heavy (non-hydrogen) atoms. The second kappa shape index (κ2) is 12.5. The molecule has 0 spiro atoms. The van der Waals surface area contributed by atoms with E-state index >= 15 is 0 Å². The number of ether oxygens (including phenoxy) is 1. The van der Waals surface area contributed by atoms with Gasteiger partial charge in [0.05, 0.1) is 25.0 Å². The third kappa shape index (κ3) is 6.34. The zero-order valence-electron chi connectivity index (χ0n) is 25.2. The van der Waals surface area contributed by atoms with Crippen LogP contribution in [-0.4, -0.2) is 55.7 Å². The van der Waals surface area contributed by atoms with E-state index in [1.807, 2.05) is 18.2 Å². The molecule has 1 unspecified atom stereocenters. The zero-order valence-corrected chi connectivity index (χ0v) is 25.2. The molecule has 0 saturated heterocycles. The Kier molecular flexibility index (Phi) is 8.57. The van der Waals surface area contributed by atoms with Crippen molar-refractivity contribution in [1.29, 1.82) is 0 Å². The average Bonchev–Trinajstić information content (AvgIpc) is 3.71. The number of nitrogens with one attached hydrogen (secondary N) is 2. The predicted molar refractivity (Wildman–Crippen MR) is 161 cm³/mol. The van der Waals surface area contributed by atoms with Crippen molar-refractivity contribution in [2.75, 3.05) is 12.4 Å². The maximum atomic E-state index is 13.6. The smallest absolute Gasteiger partial charge is 0.412 e. The summed E-state index contributed by atoms with van der Waals surface area (Å²) in [6.07, 6.45) is 0.464. The summed E-state index contributed by atoms with van der Waals surface area (Å²) in [4.78, 5) is 60.6. The van der Waals surface area contributed by atoms with Gasteiger partial charge in [0.15, 0.2) is 5.58 Å². The van der Waals surface area contributed by atoms with E-state index in [4.69, 9.17) is 8.83 Å². The average molecular weight is 614 g/mol. The summed E-state index contributed by atoms with van der Waals surface area (Å²) in [5, 5.41) is 13.0. The topological polar surface area (TPSA) is 184 Å². The highest BCUT2D eigenvalue weighted by atomic mass is 16.5. The fourth-order valence-corrected chi connectivity index (χ4v) is 4.55. The maximum Gasteiger partial charge on any atom is 0.412 e. The van der Waals surface area contributed by atoms with E-state index in [9.17, 15) is 19.2 Å². The number of carbonyl (C=O) groups excluding carboxylic acids is 3. The number of benzene rings is 2. The minimum atomic E-state index is -1.07. The van der Waals surface area contributed by atoms with E-state index in [0.29, 0.717) is 28.2 Å². The molecular formula is C31H31N7O7. The van der Waals surface area contributed by atoms with Crippen molar-refractivity contribution >= 4 is 34.7 Å². The van der Waals surface area contributed by atoms with Gasteiger partial charge in [0, 0.05) is 0 Å². The molecule has 0 fully saturated rings. The van der Waals surface area contributed by atoms with Gasteiger partial charge >= 0.3 is 6.09 Å². The molecule has 5 aromatic rings. The highest BCUT2D eigenvalue weighted by Gasteiger charge is 2.37. The van der Waals surface area contributed by atoms with Gasteiger partial charge in [0.25, 0.3) is 11.4 Å². The molecule has 2 amide bonds. The van der Waals surface area contributed by atoms with Crippen LogP contribution in [0, 0.1) is 5.92 Å². The molecular weight excluding hydrogens is 582 g/mol. The summed E-state index contributed by atoms with van der Waals surface area (Å²) < 4.78 is 17.4. The predicted octanol–water partition coefficient (Wildman–Crippen LogP) is 3.96. The van der Waals surface area contributed by atoms with Crippen LogP contribution >= 0.6 is 0 Å². The molecule has 1 atom stereocenters. The monoisotopic (exact) mass is 613 g/mol. The summed E-state index contributed by atoms with van der Waals surface area (Å²) in [6.45, 7) is 6.56. The molecule has 5 rings (SSSR count). The van der Waals surface area contributed by atoms with E-state index in [1.54, 1.807) is 64.1 Å². The Morgan fingerprint density at radius 2 is 1.69 bits per heavy atom. The lowest BCUT2D eigenvalue weighted by Crippen LogP contribution is -2.46. The molecule has 0 bridgehead atoms. The van der Waals surface area contributed by atoms with Crippen molar-refractivity contribution in [3.63, 3.8) is 0 Å². The molecule has 2 N–H and O–H groups in total. The highest BCUT2D eigenvalue weighted by Crippen LogP contribution is 2.32. The van der Waals surface area contributed by atoms with Crippen molar-refractivity contribution in [3.05, 3.63) is 88.8 Å². The molecule has 3 heterocycles. The number of oxazole rings is 1. The van der Waals surface area contributed by atoms with Gasteiger partial charge in [-0.05, 0) is 37.5 Å². The van der Waals surface area contributed by atoms with Crippen LogP contribution < -0.4 is 16.2 Å². The Morgan fingerprint density at radius 1 is 0.978 bits per heavy atom. The lowest BCUT2D eigenvalue weighted by Gasteiger charge is -2.21. The lowest BCUT2D eigenvalue weighted by atomic mass is 9.93. The SMILES string of the molecule is COC(=O)Nc1ncc(-c2ccccc2)n(CC(=O)NC(C(=O)c2nnc(C(C)(C)c3nc4ccccc4o3)o2)C(C)C)c1=O. The number of aromatic nitrogens is 5. The third-order valence-electron chi connectivity index (χ3n) is 7.10. The van der Waals surface area contributed by atoms with Gasteiger partial charge in [-0.15, -0.1) is 10.2 Å². The van der Waals surface area contributed by atoms with Crippen molar-refractivity contribution in [2.24, 2.45) is 5.92 Å². The quantitative estimate of drug-likeness (QED) is 0.217. The molecule has 14 nitrogen and oxygen atoms in total. The Labute approximate surface area is 256 Å². The minimum absolute atomic E-state index is 0.104. The van der Waals surface area contributed by atoms with E-state index < -0.39 is 41.3 Å². The minimum Gasteiger partial charge on any atom is -0.453 e. The van der Waals surface area contributed by atoms with Gasteiger partial charge in [-0.25, -0.2) is 14.8 Å².